The third kappa shape index (κ3) is 6.20. The molecule has 2 N–H and O–H groups in total. The maximum atomic E-state index is 13.1. The summed E-state index contributed by atoms with van der Waals surface area (Å²) in [5.74, 6) is 0.107. The molecule has 0 spiro atoms. The van der Waals surface area contributed by atoms with Crippen molar-refractivity contribution in [2.24, 2.45) is 0 Å². The molecule has 0 atom stereocenters. The minimum absolute atomic E-state index is 0.0308. The van der Waals surface area contributed by atoms with Crippen LogP contribution in [0.15, 0.2) is 53.7 Å². The molecule has 0 aliphatic carbocycles. The Hall–Kier alpha value is -3.65. The molecular formula is C23H21ClN6O5S2. The Morgan fingerprint density at radius 3 is 2.59 bits per heavy atom. The largest absolute Gasteiger partial charge is 0.496 e. The van der Waals surface area contributed by atoms with E-state index in [1.165, 1.54) is 38.7 Å². The van der Waals surface area contributed by atoms with E-state index >= 15 is 0 Å². The molecule has 1 aromatic carbocycles. The standard InChI is InChI=1S/C23H21ClN6O5S2/c1-13-8-17(18-9-14(24)4-7-20(18)34-3)19(11-26-13)21(31)28-22-29-30-23(36-22)35-12-15-5-6-16(10-27-15)37(32,33)25-2/h4-11,25H,12H2,1-3H3,(H,28,29,31). The number of aromatic nitrogens is 4. The molecule has 0 fully saturated rings. The van der Waals surface area contributed by atoms with Crippen molar-refractivity contribution < 1.29 is 22.7 Å². The summed E-state index contributed by atoms with van der Waals surface area (Å²) in [5.41, 5.74) is 2.74. The van der Waals surface area contributed by atoms with Gasteiger partial charge in [-0.25, -0.2) is 13.1 Å². The molecule has 37 heavy (non-hydrogen) atoms. The highest BCUT2D eigenvalue weighted by Gasteiger charge is 2.19. The number of halogens is 1. The molecule has 14 heteroatoms. The molecule has 0 saturated carbocycles. The summed E-state index contributed by atoms with van der Waals surface area (Å²) < 4.78 is 36.9. The van der Waals surface area contributed by atoms with Crippen LogP contribution in [-0.2, 0) is 16.6 Å². The van der Waals surface area contributed by atoms with Crippen LogP contribution in [0.3, 0.4) is 0 Å². The lowest BCUT2D eigenvalue weighted by molar-refractivity contribution is 0.102. The van der Waals surface area contributed by atoms with E-state index in [0.717, 1.165) is 11.3 Å². The van der Waals surface area contributed by atoms with E-state index in [2.05, 4.69) is 30.2 Å². The number of aryl methyl sites for hydroxylation is 1. The van der Waals surface area contributed by atoms with E-state index < -0.39 is 15.9 Å². The highest BCUT2D eigenvalue weighted by molar-refractivity contribution is 7.89. The predicted octanol–water partition coefficient (Wildman–Crippen LogP) is 3.70. The quantitative estimate of drug-likeness (QED) is 0.313. The van der Waals surface area contributed by atoms with Gasteiger partial charge in [-0.1, -0.05) is 16.7 Å². The van der Waals surface area contributed by atoms with Gasteiger partial charge in [-0.3, -0.25) is 20.1 Å². The van der Waals surface area contributed by atoms with Crippen LogP contribution in [0.2, 0.25) is 5.02 Å². The zero-order valence-corrected chi connectivity index (χ0v) is 22.2. The zero-order chi connectivity index (χ0) is 26.6. The van der Waals surface area contributed by atoms with Gasteiger partial charge in [0.15, 0.2) is 0 Å². The highest BCUT2D eigenvalue weighted by Crippen LogP contribution is 2.35. The molecule has 3 heterocycles. The summed E-state index contributed by atoms with van der Waals surface area (Å²) in [4.78, 5) is 21.5. The first kappa shape index (κ1) is 26.4. The second-order valence-corrected chi connectivity index (χ2v) is 10.8. The van der Waals surface area contributed by atoms with Crippen molar-refractivity contribution in [3.8, 4) is 22.1 Å². The summed E-state index contributed by atoms with van der Waals surface area (Å²) in [7, 11) is -0.713. The van der Waals surface area contributed by atoms with Gasteiger partial charge in [0.2, 0.25) is 15.2 Å². The number of benzene rings is 1. The molecule has 11 nitrogen and oxygen atoms in total. The Balaban J connectivity index is 1.48. The maximum absolute atomic E-state index is 13.1. The van der Waals surface area contributed by atoms with Crippen LogP contribution in [0.25, 0.3) is 11.1 Å². The molecule has 0 saturated heterocycles. The van der Waals surface area contributed by atoms with E-state index in [1.54, 1.807) is 24.3 Å². The van der Waals surface area contributed by atoms with Gasteiger partial charge in [0.05, 0.1) is 18.4 Å². The highest BCUT2D eigenvalue weighted by atomic mass is 35.5. The third-order valence-corrected chi connectivity index (χ3v) is 7.47. The average molecular weight is 561 g/mol. The van der Waals surface area contributed by atoms with Crippen LogP contribution in [0.5, 0.6) is 10.9 Å². The fourth-order valence-corrected chi connectivity index (χ4v) is 4.68. The minimum atomic E-state index is -3.57. The summed E-state index contributed by atoms with van der Waals surface area (Å²) in [5, 5.41) is 11.5. The molecule has 0 radical (unpaired) electrons. The maximum Gasteiger partial charge on any atom is 0.296 e. The molecule has 4 rings (SSSR count). The number of ether oxygens (including phenoxy) is 2. The van der Waals surface area contributed by atoms with E-state index in [1.807, 2.05) is 6.92 Å². The van der Waals surface area contributed by atoms with Crippen LogP contribution in [-0.4, -0.2) is 48.6 Å². The van der Waals surface area contributed by atoms with Crippen molar-refractivity contribution in [1.82, 2.24) is 24.9 Å². The van der Waals surface area contributed by atoms with Crippen molar-refractivity contribution in [3.05, 3.63) is 70.8 Å². The third-order valence-electron chi connectivity index (χ3n) is 5.08. The Kier molecular flexibility index (Phi) is 7.97. The van der Waals surface area contributed by atoms with Gasteiger partial charge in [-0.15, -0.1) is 5.10 Å². The van der Waals surface area contributed by atoms with Crippen LogP contribution >= 0.6 is 22.9 Å². The molecule has 0 unspecified atom stereocenters. The first-order chi connectivity index (χ1) is 17.7. The first-order valence-corrected chi connectivity index (χ1v) is 13.3. The van der Waals surface area contributed by atoms with Crippen molar-refractivity contribution in [1.29, 1.82) is 0 Å². The van der Waals surface area contributed by atoms with Gasteiger partial charge in [-0.05, 0) is 61.7 Å². The zero-order valence-electron chi connectivity index (χ0n) is 19.9. The van der Waals surface area contributed by atoms with Crippen molar-refractivity contribution in [2.45, 2.75) is 18.4 Å². The van der Waals surface area contributed by atoms with E-state index in [-0.39, 0.29) is 21.8 Å². The fourth-order valence-electron chi connectivity index (χ4n) is 3.25. The topological polar surface area (TPSA) is 145 Å². The molecule has 192 valence electrons. The normalized spacial score (nSPS) is 11.2. The molecule has 0 aliphatic heterocycles. The Morgan fingerprint density at radius 2 is 1.89 bits per heavy atom. The number of carbonyl (C=O) groups is 1. The molecule has 0 bridgehead atoms. The summed E-state index contributed by atoms with van der Waals surface area (Å²) in [6, 6.07) is 9.88. The van der Waals surface area contributed by atoms with Gasteiger partial charge >= 0.3 is 0 Å². The van der Waals surface area contributed by atoms with Crippen LogP contribution in [0, 0.1) is 6.92 Å². The Morgan fingerprint density at radius 1 is 1.08 bits per heavy atom. The molecule has 1 amide bonds. The number of anilines is 1. The van der Waals surface area contributed by atoms with Crippen LogP contribution < -0.4 is 19.5 Å². The number of amides is 1. The number of rotatable bonds is 9. The van der Waals surface area contributed by atoms with Crippen LogP contribution in [0.1, 0.15) is 21.7 Å². The van der Waals surface area contributed by atoms with Crippen LogP contribution in [0.4, 0.5) is 5.13 Å². The predicted molar refractivity (Wildman–Crippen MR) is 139 cm³/mol. The Bertz CT molecular complexity index is 1540. The molecule has 3 aromatic heterocycles. The second kappa shape index (κ2) is 11.2. The number of nitrogens with one attached hydrogen (secondary N) is 2. The number of nitrogens with zero attached hydrogens (tertiary/aromatic N) is 4. The number of sulfonamides is 1. The lowest BCUT2D eigenvalue weighted by atomic mass is 9.99. The smallest absolute Gasteiger partial charge is 0.296 e. The first-order valence-electron chi connectivity index (χ1n) is 10.7. The summed E-state index contributed by atoms with van der Waals surface area (Å²) in [6.45, 7) is 1.85. The SMILES string of the molecule is CNS(=O)(=O)c1ccc(COc2nnc(NC(=O)c3cnc(C)cc3-c3cc(Cl)ccc3OC)s2)nc1. The molecular weight excluding hydrogens is 540 g/mol. The molecule has 4 aromatic rings. The monoisotopic (exact) mass is 560 g/mol. The number of hydrogen-bond donors (Lipinski definition) is 2. The molecule has 0 aliphatic rings. The number of hydrogen-bond acceptors (Lipinski definition) is 10. The average Bonchev–Trinajstić information content (AvgIpc) is 3.34. The van der Waals surface area contributed by atoms with Gasteiger partial charge in [0.25, 0.3) is 11.1 Å². The number of pyridine rings is 2. The number of carbonyl (C=O) groups excluding carboxylic acids is 1. The van der Waals surface area contributed by atoms with E-state index in [0.29, 0.717) is 38.9 Å². The van der Waals surface area contributed by atoms with E-state index in [9.17, 15) is 13.2 Å². The lowest BCUT2D eigenvalue weighted by Gasteiger charge is -2.13. The van der Waals surface area contributed by atoms with Gasteiger partial charge in [0.1, 0.15) is 17.3 Å². The minimum Gasteiger partial charge on any atom is -0.496 e. The Labute approximate surface area is 221 Å². The van der Waals surface area contributed by atoms with Gasteiger partial charge < -0.3 is 9.47 Å². The number of methoxy groups -OCH3 is 1. The summed E-state index contributed by atoms with van der Waals surface area (Å²) in [6.07, 6.45) is 2.71. The second-order valence-electron chi connectivity index (χ2n) is 7.52. The van der Waals surface area contributed by atoms with Gasteiger partial charge in [-0.2, -0.15) is 0 Å². The van der Waals surface area contributed by atoms with E-state index in [4.69, 9.17) is 21.1 Å². The lowest BCUT2D eigenvalue weighted by Crippen LogP contribution is -2.18. The van der Waals surface area contributed by atoms with Crippen molar-refractivity contribution >= 4 is 44.0 Å². The fraction of sp³-hybridized carbons (Fsp3) is 0.174. The van der Waals surface area contributed by atoms with Crippen molar-refractivity contribution in [2.75, 3.05) is 19.5 Å². The summed E-state index contributed by atoms with van der Waals surface area (Å²) >= 11 is 7.22. The van der Waals surface area contributed by atoms with Crippen molar-refractivity contribution in [3.63, 3.8) is 0 Å². The van der Waals surface area contributed by atoms with Gasteiger partial charge in [0, 0.05) is 34.2 Å².